The number of nitrogen functional groups attached to an aromatic ring is 1. The van der Waals surface area contributed by atoms with Crippen molar-refractivity contribution < 1.29 is 13.9 Å². The molecule has 0 atom stereocenters. The van der Waals surface area contributed by atoms with Crippen molar-refractivity contribution in [2.45, 2.75) is 0 Å². The smallest absolute Gasteiger partial charge is 0.285 e. The molecule has 2 rings (SSSR count). The van der Waals surface area contributed by atoms with E-state index in [1.165, 1.54) is 19.2 Å². The van der Waals surface area contributed by atoms with Crippen LogP contribution >= 0.6 is 12.2 Å². The minimum absolute atomic E-state index is 0.0118. The predicted molar refractivity (Wildman–Crippen MR) is 82.2 cm³/mol. The van der Waals surface area contributed by atoms with E-state index >= 15 is 0 Å². The monoisotopic (exact) mass is 302 g/mol. The quantitative estimate of drug-likeness (QED) is 0.536. The summed E-state index contributed by atoms with van der Waals surface area (Å²) in [4.78, 5) is 14.9. The number of anilines is 1. The number of methoxy groups -OCH3 is 1. The Morgan fingerprint density at radius 2 is 2.00 bits per heavy atom. The molecule has 0 spiro atoms. The lowest BCUT2D eigenvalue weighted by Crippen LogP contribution is -1.96. The van der Waals surface area contributed by atoms with Gasteiger partial charge in [-0.3, -0.25) is 4.79 Å². The molecule has 0 aliphatic rings. The van der Waals surface area contributed by atoms with Crippen LogP contribution in [0.25, 0.3) is 11.1 Å². The van der Waals surface area contributed by atoms with Crippen molar-refractivity contribution in [2.24, 2.45) is 4.99 Å². The maximum Gasteiger partial charge on any atom is 0.285 e. The van der Waals surface area contributed by atoms with Gasteiger partial charge < -0.3 is 10.5 Å². The molecule has 2 aromatic rings. The van der Waals surface area contributed by atoms with Crippen molar-refractivity contribution in [1.82, 2.24) is 0 Å². The Balaban J connectivity index is 2.46. The Bertz CT molecular complexity index is 738. The Morgan fingerprint density at radius 3 is 2.57 bits per heavy atom. The number of hydrogen-bond donors (Lipinski definition) is 1. The normalized spacial score (nSPS) is 9.81. The van der Waals surface area contributed by atoms with Crippen LogP contribution < -0.4 is 10.5 Å². The van der Waals surface area contributed by atoms with Gasteiger partial charge in [0.15, 0.2) is 0 Å². The van der Waals surface area contributed by atoms with E-state index in [1.54, 1.807) is 24.3 Å². The molecule has 0 aliphatic carbocycles. The number of halogens is 1. The van der Waals surface area contributed by atoms with Gasteiger partial charge in [0.05, 0.1) is 18.0 Å². The van der Waals surface area contributed by atoms with Gasteiger partial charge in [-0.2, -0.15) is 4.99 Å². The minimum atomic E-state index is -0.531. The van der Waals surface area contributed by atoms with Crippen molar-refractivity contribution in [3.8, 4) is 16.9 Å². The van der Waals surface area contributed by atoms with Gasteiger partial charge in [0.1, 0.15) is 11.6 Å². The highest BCUT2D eigenvalue weighted by molar-refractivity contribution is 7.78. The fourth-order valence-electron chi connectivity index (χ4n) is 1.86. The molecule has 4 nitrogen and oxygen atoms in total. The first kappa shape index (κ1) is 14.8. The first-order valence-corrected chi connectivity index (χ1v) is 6.33. The number of aliphatic imine (C=N–C) groups is 1. The summed E-state index contributed by atoms with van der Waals surface area (Å²) in [5.41, 5.74) is 7.12. The Kier molecular flexibility index (Phi) is 4.42. The molecule has 0 saturated heterocycles. The first-order valence-electron chi connectivity index (χ1n) is 5.92. The highest BCUT2D eigenvalue weighted by Crippen LogP contribution is 2.33. The van der Waals surface area contributed by atoms with Crippen molar-refractivity contribution in [1.29, 1.82) is 0 Å². The van der Waals surface area contributed by atoms with Gasteiger partial charge in [-0.25, -0.2) is 4.39 Å². The summed E-state index contributed by atoms with van der Waals surface area (Å²) >= 11 is 4.38. The number of ether oxygens (including phenoxy) is 1. The third-order valence-electron chi connectivity index (χ3n) is 2.91. The lowest BCUT2D eigenvalue weighted by atomic mass is 10.0. The second kappa shape index (κ2) is 6.26. The second-order valence-electron chi connectivity index (χ2n) is 4.16. The number of benzene rings is 2. The van der Waals surface area contributed by atoms with Crippen LogP contribution in [0.15, 0.2) is 41.4 Å². The number of carbonyl (C=O) groups is 1. The largest absolute Gasteiger partial charge is 0.496 e. The molecule has 2 aromatic carbocycles. The molecular weight excluding hydrogens is 291 g/mol. The number of nitrogens with zero attached hydrogens (tertiary/aromatic N) is 1. The molecule has 0 fully saturated rings. The van der Waals surface area contributed by atoms with Crippen molar-refractivity contribution in [3.05, 3.63) is 47.8 Å². The number of nitrogens with two attached hydrogens (primary N) is 1. The highest BCUT2D eigenvalue weighted by atomic mass is 32.1. The minimum Gasteiger partial charge on any atom is -0.496 e. The second-order valence-corrected chi connectivity index (χ2v) is 4.34. The average Bonchev–Trinajstić information content (AvgIpc) is 2.50. The maximum atomic E-state index is 13.6. The van der Waals surface area contributed by atoms with Crippen LogP contribution in [0.4, 0.5) is 10.1 Å². The van der Waals surface area contributed by atoms with Gasteiger partial charge in [-0.1, -0.05) is 12.1 Å². The molecule has 0 aliphatic heterocycles. The summed E-state index contributed by atoms with van der Waals surface area (Å²) in [5, 5.41) is 2.02. The fourth-order valence-corrected chi connectivity index (χ4v) is 1.94. The third-order valence-corrected chi connectivity index (χ3v) is 3.00. The average molecular weight is 302 g/mol. The van der Waals surface area contributed by atoms with Gasteiger partial charge >= 0.3 is 0 Å². The molecule has 0 aromatic heterocycles. The SMILES string of the molecule is COc1cc(N)c(F)cc1-c1ccc(C(=O)N=C=S)cc1. The molecule has 0 radical (unpaired) electrons. The summed E-state index contributed by atoms with van der Waals surface area (Å²) < 4.78 is 18.8. The van der Waals surface area contributed by atoms with Gasteiger partial charge in [0.2, 0.25) is 0 Å². The van der Waals surface area contributed by atoms with Crippen LogP contribution in [0.3, 0.4) is 0 Å². The van der Waals surface area contributed by atoms with Crippen molar-refractivity contribution in [2.75, 3.05) is 12.8 Å². The topological polar surface area (TPSA) is 64.7 Å². The van der Waals surface area contributed by atoms with E-state index in [9.17, 15) is 9.18 Å². The molecule has 2 N–H and O–H groups in total. The van der Waals surface area contributed by atoms with E-state index in [-0.39, 0.29) is 5.69 Å². The summed E-state index contributed by atoms with van der Waals surface area (Å²) in [5.74, 6) is -0.562. The van der Waals surface area contributed by atoms with E-state index in [0.717, 1.165) is 0 Å². The Labute approximate surface area is 126 Å². The van der Waals surface area contributed by atoms with Crippen LogP contribution in [-0.4, -0.2) is 18.2 Å². The van der Waals surface area contributed by atoms with Gasteiger partial charge in [-0.15, -0.1) is 0 Å². The molecular formula is C15H11FN2O2S. The standard InChI is InChI=1S/C15H11FN2O2S/c1-20-14-7-13(17)12(16)6-11(14)9-2-4-10(5-3-9)15(19)18-8-21/h2-7H,17H2,1H3. The molecule has 1 amide bonds. The van der Waals surface area contributed by atoms with Crippen LogP contribution in [-0.2, 0) is 0 Å². The number of rotatable bonds is 3. The van der Waals surface area contributed by atoms with Crippen molar-refractivity contribution in [3.63, 3.8) is 0 Å². The number of carbonyl (C=O) groups excluding carboxylic acids is 1. The summed E-state index contributed by atoms with van der Waals surface area (Å²) in [6.07, 6.45) is 0. The van der Waals surface area contributed by atoms with E-state index in [0.29, 0.717) is 22.4 Å². The highest BCUT2D eigenvalue weighted by Gasteiger charge is 2.11. The zero-order chi connectivity index (χ0) is 15.4. The first-order chi connectivity index (χ1) is 10.1. The lowest BCUT2D eigenvalue weighted by Gasteiger charge is -2.10. The summed E-state index contributed by atoms with van der Waals surface area (Å²) in [7, 11) is 1.47. The number of thiocarbonyl (C=S) groups is 1. The summed E-state index contributed by atoms with van der Waals surface area (Å²) in [6, 6.07) is 9.18. The fraction of sp³-hybridized carbons (Fsp3) is 0.0667. The van der Waals surface area contributed by atoms with Crippen LogP contribution in [0.1, 0.15) is 10.4 Å². The van der Waals surface area contributed by atoms with Crippen molar-refractivity contribution >= 4 is 29.0 Å². The van der Waals surface area contributed by atoms with Gasteiger partial charge in [0, 0.05) is 17.2 Å². The molecule has 0 heterocycles. The third kappa shape index (κ3) is 3.13. The molecule has 6 heteroatoms. The summed E-state index contributed by atoms with van der Waals surface area (Å²) in [6.45, 7) is 0. The van der Waals surface area contributed by atoms with E-state index in [4.69, 9.17) is 10.5 Å². The molecule has 0 bridgehead atoms. The van der Waals surface area contributed by atoms with Gasteiger partial charge in [-0.05, 0) is 36.0 Å². The molecule has 0 unspecified atom stereocenters. The van der Waals surface area contributed by atoms with Crippen LogP contribution in [0.5, 0.6) is 5.75 Å². The lowest BCUT2D eigenvalue weighted by molar-refractivity contribution is 0.100. The molecule has 106 valence electrons. The molecule has 21 heavy (non-hydrogen) atoms. The Morgan fingerprint density at radius 1 is 1.33 bits per heavy atom. The number of amides is 1. The number of hydrogen-bond acceptors (Lipinski definition) is 4. The zero-order valence-electron chi connectivity index (χ0n) is 11.1. The predicted octanol–water partition coefficient (Wildman–Crippen LogP) is 3.33. The van der Waals surface area contributed by atoms with E-state index in [1.807, 2.05) is 5.16 Å². The Hall–Kier alpha value is -2.56. The van der Waals surface area contributed by atoms with Crippen LogP contribution in [0.2, 0.25) is 0 Å². The van der Waals surface area contributed by atoms with Crippen LogP contribution in [0, 0.1) is 5.82 Å². The number of isothiocyanates is 1. The van der Waals surface area contributed by atoms with E-state index < -0.39 is 11.7 Å². The van der Waals surface area contributed by atoms with Gasteiger partial charge in [0.25, 0.3) is 5.91 Å². The maximum absolute atomic E-state index is 13.6. The zero-order valence-corrected chi connectivity index (χ0v) is 11.9. The van der Waals surface area contributed by atoms with E-state index in [2.05, 4.69) is 17.2 Å². The molecule has 0 saturated carbocycles.